The van der Waals surface area contributed by atoms with Gasteiger partial charge in [-0.2, -0.15) is 0 Å². The maximum absolute atomic E-state index is 6.11. The number of nitrogens with zero attached hydrogens (tertiary/aromatic N) is 4. The third-order valence-corrected chi connectivity index (χ3v) is 3.61. The topological polar surface area (TPSA) is 32.3 Å². The van der Waals surface area contributed by atoms with Gasteiger partial charge in [-0.15, -0.1) is 0 Å². The molecule has 0 spiro atoms. The zero-order valence-corrected chi connectivity index (χ0v) is 12.1. The zero-order valence-electron chi connectivity index (χ0n) is 11.4. The lowest BCUT2D eigenvalue weighted by Gasteiger charge is -2.36. The standard InChI is InChI=1S/C13H21ClN4/c1-4-5-10-8-12(14)16-13(15-10)11-9-17(2)6-7-18(11)3/h8,11H,4-7,9H2,1-3H3. The summed E-state index contributed by atoms with van der Waals surface area (Å²) in [5.41, 5.74) is 1.05. The van der Waals surface area contributed by atoms with E-state index in [-0.39, 0.29) is 6.04 Å². The maximum Gasteiger partial charge on any atom is 0.148 e. The van der Waals surface area contributed by atoms with Crippen LogP contribution in [-0.4, -0.2) is 53.5 Å². The fraction of sp³-hybridized carbons (Fsp3) is 0.692. The van der Waals surface area contributed by atoms with Crippen molar-refractivity contribution in [1.29, 1.82) is 0 Å². The minimum Gasteiger partial charge on any atom is -0.303 e. The molecular formula is C13H21ClN4. The fourth-order valence-electron chi connectivity index (χ4n) is 2.31. The van der Waals surface area contributed by atoms with E-state index in [0.29, 0.717) is 5.15 Å². The Hall–Kier alpha value is -0.710. The molecule has 1 aromatic rings. The predicted octanol–water partition coefficient (Wildman–Crippen LogP) is 2.00. The number of rotatable bonds is 3. The van der Waals surface area contributed by atoms with Gasteiger partial charge >= 0.3 is 0 Å². The summed E-state index contributed by atoms with van der Waals surface area (Å²) in [5, 5.41) is 0.560. The van der Waals surface area contributed by atoms with Gasteiger partial charge in [-0.3, -0.25) is 4.90 Å². The second-order valence-electron chi connectivity index (χ2n) is 5.05. The molecule has 1 unspecified atom stereocenters. The third-order valence-electron chi connectivity index (χ3n) is 3.42. The van der Waals surface area contributed by atoms with Crippen molar-refractivity contribution in [3.63, 3.8) is 0 Å². The minimum absolute atomic E-state index is 0.248. The molecule has 0 radical (unpaired) electrons. The number of piperazine rings is 1. The molecule has 1 aromatic heterocycles. The number of aromatic nitrogens is 2. The average Bonchev–Trinajstić information content (AvgIpc) is 2.32. The van der Waals surface area contributed by atoms with Crippen LogP contribution in [0.1, 0.15) is 30.9 Å². The van der Waals surface area contributed by atoms with Gasteiger partial charge in [0.25, 0.3) is 0 Å². The number of aryl methyl sites for hydroxylation is 1. The van der Waals surface area contributed by atoms with E-state index in [1.165, 1.54) is 0 Å². The lowest BCUT2D eigenvalue weighted by atomic mass is 10.1. The van der Waals surface area contributed by atoms with E-state index in [4.69, 9.17) is 11.6 Å². The van der Waals surface area contributed by atoms with Crippen LogP contribution >= 0.6 is 11.6 Å². The highest BCUT2D eigenvalue weighted by atomic mass is 35.5. The molecule has 0 saturated carbocycles. The molecule has 0 aromatic carbocycles. The molecule has 1 aliphatic rings. The molecule has 1 saturated heterocycles. The van der Waals surface area contributed by atoms with Gasteiger partial charge in [-0.05, 0) is 26.6 Å². The van der Waals surface area contributed by atoms with Crippen molar-refractivity contribution in [2.24, 2.45) is 0 Å². The highest BCUT2D eigenvalue weighted by Crippen LogP contribution is 2.22. The summed E-state index contributed by atoms with van der Waals surface area (Å²) in [5.74, 6) is 0.861. The Labute approximate surface area is 114 Å². The quantitative estimate of drug-likeness (QED) is 0.785. The molecule has 1 atom stereocenters. The van der Waals surface area contributed by atoms with Crippen molar-refractivity contribution in [1.82, 2.24) is 19.8 Å². The van der Waals surface area contributed by atoms with Gasteiger partial charge in [0.15, 0.2) is 0 Å². The molecule has 2 rings (SSSR count). The van der Waals surface area contributed by atoms with Crippen LogP contribution in [0.3, 0.4) is 0 Å². The maximum atomic E-state index is 6.11. The van der Waals surface area contributed by atoms with Gasteiger partial charge < -0.3 is 4.90 Å². The molecule has 5 heteroatoms. The SMILES string of the molecule is CCCc1cc(Cl)nc(C2CN(C)CCN2C)n1. The summed E-state index contributed by atoms with van der Waals surface area (Å²) in [6.45, 7) is 5.24. The Bertz CT molecular complexity index is 410. The van der Waals surface area contributed by atoms with E-state index in [9.17, 15) is 0 Å². The molecule has 0 amide bonds. The van der Waals surface area contributed by atoms with E-state index in [1.807, 2.05) is 6.07 Å². The fourth-order valence-corrected chi connectivity index (χ4v) is 2.52. The lowest BCUT2D eigenvalue weighted by molar-refractivity contribution is 0.109. The second kappa shape index (κ2) is 5.95. The molecule has 1 aliphatic heterocycles. The highest BCUT2D eigenvalue weighted by molar-refractivity contribution is 6.29. The third kappa shape index (κ3) is 3.19. The van der Waals surface area contributed by atoms with Gasteiger partial charge in [0.05, 0.1) is 6.04 Å². The lowest BCUT2D eigenvalue weighted by Crippen LogP contribution is -2.45. The van der Waals surface area contributed by atoms with Crippen molar-refractivity contribution < 1.29 is 0 Å². The summed E-state index contributed by atoms with van der Waals surface area (Å²) in [6, 6.07) is 2.12. The Morgan fingerprint density at radius 2 is 2.11 bits per heavy atom. The van der Waals surface area contributed by atoms with Crippen LogP contribution in [0.2, 0.25) is 5.15 Å². The molecule has 0 aliphatic carbocycles. The monoisotopic (exact) mass is 268 g/mol. The minimum atomic E-state index is 0.248. The largest absolute Gasteiger partial charge is 0.303 e. The Morgan fingerprint density at radius 3 is 2.83 bits per heavy atom. The van der Waals surface area contributed by atoms with E-state index < -0.39 is 0 Å². The molecule has 1 fully saturated rings. The van der Waals surface area contributed by atoms with Gasteiger partial charge in [0.1, 0.15) is 11.0 Å². The Morgan fingerprint density at radius 1 is 1.33 bits per heavy atom. The van der Waals surface area contributed by atoms with Crippen molar-refractivity contribution in [2.45, 2.75) is 25.8 Å². The molecule has 0 N–H and O–H groups in total. The molecule has 4 nitrogen and oxygen atoms in total. The molecule has 18 heavy (non-hydrogen) atoms. The number of likely N-dealkylation sites (N-methyl/N-ethyl adjacent to an activating group) is 2. The second-order valence-corrected chi connectivity index (χ2v) is 5.44. The van der Waals surface area contributed by atoms with Gasteiger partial charge in [-0.1, -0.05) is 24.9 Å². The number of hydrogen-bond donors (Lipinski definition) is 0. The Kier molecular flexibility index (Phi) is 4.54. The van der Waals surface area contributed by atoms with Crippen molar-refractivity contribution in [2.75, 3.05) is 33.7 Å². The first-order chi connectivity index (χ1) is 8.60. The van der Waals surface area contributed by atoms with Crippen molar-refractivity contribution in [3.8, 4) is 0 Å². The van der Waals surface area contributed by atoms with Gasteiger partial charge in [-0.25, -0.2) is 9.97 Å². The average molecular weight is 269 g/mol. The summed E-state index contributed by atoms with van der Waals surface area (Å²) < 4.78 is 0. The van der Waals surface area contributed by atoms with Crippen LogP contribution in [-0.2, 0) is 6.42 Å². The van der Waals surface area contributed by atoms with Crippen molar-refractivity contribution in [3.05, 3.63) is 22.7 Å². The van der Waals surface area contributed by atoms with E-state index in [0.717, 1.165) is 44.0 Å². The summed E-state index contributed by atoms with van der Waals surface area (Å²) in [6.07, 6.45) is 2.04. The zero-order chi connectivity index (χ0) is 13.1. The van der Waals surface area contributed by atoms with Crippen LogP contribution in [0.5, 0.6) is 0 Å². The van der Waals surface area contributed by atoms with E-state index >= 15 is 0 Å². The number of hydrogen-bond acceptors (Lipinski definition) is 4. The summed E-state index contributed by atoms with van der Waals surface area (Å²) in [7, 11) is 4.26. The van der Waals surface area contributed by atoms with E-state index in [2.05, 4.69) is 40.8 Å². The molecule has 0 bridgehead atoms. The van der Waals surface area contributed by atoms with E-state index in [1.54, 1.807) is 0 Å². The van der Waals surface area contributed by atoms with Crippen molar-refractivity contribution >= 4 is 11.6 Å². The predicted molar refractivity (Wildman–Crippen MR) is 73.9 cm³/mol. The first-order valence-corrected chi connectivity index (χ1v) is 6.90. The van der Waals surface area contributed by atoms with Gasteiger partial charge in [0, 0.05) is 25.3 Å². The Balaban J connectivity index is 2.25. The van der Waals surface area contributed by atoms with Crippen LogP contribution in [0.15, 0.2) is 6.07 Å². The highest BCUT2D eigenvalue weighted by Gasteiger charge is 2.26. The first kappa shape index (κ1) is 13.7. The van der Waals surface area contributed by atoms with Crippen LogP contribution in [0.4, 0.5) is 0 Å². The summed E-state index contributed by atoms with van der Waals surface area (Å²) in [4.78, 5) is 13.7. The smallest absolute Gasteiger partial charge is 0.148 e. The van der Waals surface area contributed by atoms with Crippen LogP contribution in [0.25, 0.3) is 0 Å². The van der Waals surface area contributed by atoms with Crippen LogP contribution < -0.4 is 0 Å². The normalized spacial score (nSPS) is 22.3. The van der Waals surface area contributed by atoms with Crippen LogP contribution in [0, 0.1) is 0 Å². The molecule has 2 heterocycles. The van der Waals surface area contributed by atoms with Gasteiger partial charge in [0.2, 0.25) is 0 Å². The summed E-state index contributed by atoms with van der Waals surface area (Å²) >= 11 is 6.11. The molecular weight excluding hydrogens is 248 g/mol. The number of halogens is 1. The first-order valence-electron chi connectivity index (χ1n) is 6.52. The molecule has 100 valence electrons.